The molecule has 0 unspecified atom stereocenters. The molecule has 0 radical (unpaired) electrons. The second-order valence-corrected chi connectivity index (χ2v) is 0. The third kappa shape index (κ3) is 8.85. The van der Waals surface area contributed by atoms with E-state index in [2.05, 4.69) is 0 Å². The van der Waals surface area contributed by atoms with Gasteiger partial charge in [0.2, 0.25) is 0 Å². The van der Waals surface area contributed by atoms with Gasteiger partial charge in [-0.2, -0.15) is 0 Å². The van der Waals surface area contributed by atoms with Crippen LogP contribution in [0.4, 0.5) is 0 Å². The van der Waals surface area contributed by atoms with E-state index < -0.39 is 0 Å². The second kappa shape index (κ2) is 16.9. The molecule has 0 atom stereocenters. The smallest absolute Gasteiger partial charge is 1.00 e. The monoisotopic (exact) mass is 132 g/mol. The maximum absolute atomic E-state index is 0. The fraction of sp³-hybridized carbons (Fsp3) is 0. The number of hydrogen-bond acceptors (Lipinski definition) is 0. The summed E-state index contributed by atoms with van der Waals surface area (Å²) in [5.74, 6) is 0. The van der Waals surface area contributed by atoms with E-state index in [1.54, 1.807) is 0 Å². The average Bonchev–Trinajstić information content (AvgIpc) is 0. The minimum Gasteiger partial charge on any atom is -1.00 e. The Hall–Kier alpha value is 2.86. The third-order valence-corrected chi connectivity index (χ3v) is 0. The van der Waals surface area contributed by atoms with Crippen molar-refractivity contribution >= 4 is 89.8 Å². The van der Waals surface area contributed by atoms with E-state index >= 15 is 0 Å². The van der Waals surface area contributed by atoms with E-state index in [0.717, 1.165) is 0 Å². The predicted molar refractivity (Wildman–Crippen MR) is 37.8 cm³/mol. The number of hydrogen-bond donors (Lipinski definition) is 0. The van der Waals surface area contributed by atoms with Gasteiger partial charge in [-0.1, -0.05) is 0 Å². The molecule has 0 bridgehead atoms. The van der Waals surface area contributed by atoms with E-state index in [-0.39, 0.29) is 92.7 Å². The van der Waals surface area contributed by atoms with Gasteiger partial charge >= 0.3 is 37.7 Å². The summed E-state index contributed by atoms with van der Waals surface area (Å²) < 4.78 is 0. The molecule has 0 nitrogen and oxygen atoms in total. The van der Waals surface area contributed by atoms with Crippen LogP contribution in [0.2, 0.25) is 0 Å². The van der Waals surface area contributed by atoms with Crippen LogP contribution in [-0.2, 0) is 0 Å². The van der Waals surface area contributed by atoms with E-state index in [4.69, 9.17) is 0 Å². The molecule has 0 aromatic rings. The Labute approximate surface area is 91.1 Å². The Morgan fingerprint density at radius 2 is 0.750 bits per heavy atom. The topological polar surface area (TPSA) is 0 Å². The zero-order valence-corrected chi connectivity index (χ0v) is 2.92. The maximum atomic E-state index is 0. The van der Waals surface area contributed by atoms with Crippen molar-refractivity contribution < 1.29 is 2.85 Å². The van der Waals surface area contributed by atoms with E-state index in [0.29, 0.717) is 0 Å². The summed E-state index contributed by atoms with van der Waals surface area (Å²) in [5.41, 5.74) is 0. The van der Waals surface area contributed by atoms with Crippen LogP contribution in [0.15, 0.2) is 0 Å². The van der Waals surface area contributed by atoms with Crippen molar-refractivity contribution in [1.82, 2.24) is 0 Å². The zero-order valence-electron chi connectivity index (χ0n) is 2.71. The zero-order chi connectivity index (χ0) is 0. The molecule has 0 amide bonds. The SMILES string of the molecule is [AlH3].[AlH3].[AlH3].[Ca+2].[H-].[H-]. The van der Waals surface area contributed by atoms with E-state index in [1.165, 1.54) is 0 Å². The Balaban J connectivity index is 0. The third-order valence-electron chi connectivity index (χ3n) is 0. The largest absolute Gasteiger partial charge is 2.00 e. The number of rotatable bonds is 0. The van der Waals surface area contributed by atoms with Crippen molar-refractivity contribution in [3.63, 3.8) is 0 Å². The Bertz CT molecular complexity index is 8.75. The molecule has 0 heterocycles. The van der Waals surface area contributed by atoms with Crippen LogP contribution in [0.5, 0.6) is 0 Å². The fourth-order valence-electron chi connectivity index (χ4n) is 0. The van der Waals surface area contributed by atoms with Gasteiger partial charge in [-0.05, 0) is 0 Å². The summed E-state index contributed by atoms with van der Waals surface area (Å²) in [5, 5.41) is 0. The summed E-state index contributed by atoms with van der Waals surface area (Å²) in [6, 6.07) is 0. The standard InChI is InChI=1S/3Al.Ca.11H/q;;;+2;;;;;;;;;;2*-1. The van der Waals surface area contributed by atoms with Gasteiger partial charge in [0.25, 0.3) is 0 Å². The van der Waals surface area contributed by atoms with Gasteiger partial charge in [0.05, 0.1) is 0 Å². The molecule has 0 aliphatic heterocycles. The van der Waals surface area contributed by atoms with Crippen molar-refractivity contribution in [3.8, 4) is 0 Å². The van der Waals surface area contributed by atoms with Crippen LogP contribution in [0.25, 0.3) is 0 Å². The molecule has 0 aliphatic rings. The van der Waals surface area contributed by atoms with Crippen LogP contribution in [0, 0.1) is 0 Å². The second-order valence-electron chi connectivity index (χ2n) is 0. The van der Waals surface area contributed by atoms with Crippen molar-refractivity contribution in [2.24, 2.45) is 0 Å². The normalized spacial score (nSPS) is 0. The van der Waals surface area contributed by atoms with Gasteiger partial charge < -0.3 is 2.85 Å². The summed E-state index contributed by atoms with van der Waals surface area (Å²) in [4.78, 5) is 0. The maximum Gasteiger partial charge on any atom is 2.00 e. The van der Waals surface area contributed by atoms with E-state index in [9.17, 15) is 0 Å². The molecule has 0 fully saturated rings. The van der Waals surface area contributed by atoms with E-state index in [1.807, 2.05) is 0 Å². The van der Waals surface area contributed by atoms with Gasteiger partial charge in [-0.25, -0.2) is 0 Å². The molecule has 0 saturated carbocycles. The Kier molecular flexibility index (Phi) is 122. The van der Waals surface area contributed by atoms with Crippen LogP contribution >= 0.6 is 0 Å². The molecular weight excluding hydrogens is 121 g/mol. The molecule has 0 rings (SSSR count). The first-order valence-electron chi connectivity index (χ1n) is 0. The quantitative estimate of drug-likeness (QED) is 0.297. The molecule has 0 aromatic carbocycles. The molecule has 0 aromatic heterocycles. The molecular formula is H11Al3Ca. The molecule has 0 saturated heterocycles. The fourth-order valence-corrected chi connectivity index (χ4v) is 0. The first-order valence-corrected chi connectivity index (χ1v) is 0. The Morgan fingerprint density at radius 3 is 0.750 bits per heavy atom. The molecule has 0 N–H and O–H groups in total. The molecule has 0 aliphatic carbocycles. The summed E-state index contributed by atoms with van der Waals surface area (Å²) in [6.07, 6.45) is 0. The predicted octanol–water partition coefficient (Wildman–Crippen LogP) is -3.71. The van der Waals surface area contributed by atoms with Crippen molar-refractivity contribution in [2.75, 3.05) is 0 Å². The minimum absolute atomic E-state index is 0. The van der Waals surface area contributed by atoms with Crippen LogP contribution < -0.4 is 0 Å². The Morgan fingerprint density at radius 1 is 0.750 bits per heavy atom. The van der Waals surface area contributed by atoms with Crippen molar-refractivity contribution in [2.45, 2.75) is 0 Å². The van der Waals surface area contributed by atoms with Gasteiger partial charge in [0.15, 0.2) is 52.1 Å². The summed E-state index contributed by atoms with van der Waals surface area (Å²) in [7, 11) is 0. The first kappa shape index (κ1) is 28.8. The first-order chi connectivity index (χ1) is 0. The van der Waals surface area contributed by atoms with Crippen molar-refractivity contribution in [1.29, 1.82) is 0 Å². The van der Waals surface area contributed by atoms with Crippen LogP contribution in [0.3, 0.4) is 0 Å². The summed E-state index contributed by atoms with van der Waals surface area (Å²) in [6.45, 7) is 0. The molecule has 0 spiro atoms. The minimum atomic E-state index is 0. The van der Waals surface area contributed by atoms with Crippen LogP contribution in [0.1, 0.15) is 2.85 Å². The average molecular weight is 132 g/mol. The van der Waals surface area contributed by atoms with Gasteiger partial charge in [-0.15, -0.1) is 0 Å². The van der Waals surface area contributed by atoms with Crippen molar-refractivity contribution in [3.05, 3.63) is 0 Å². The van der Waals surface area contributed by atoms with Gasteiger partial charge in [0.1, 0.15) is 0 Å². The molecule has 22 valence electrons. The molecule has 4 heavy (non-hydrogen) atoms. The van der Waals surface area contributed by atoms with Gasteiger partial charge in [-0.3, -0.25) is 0 Å². The van der Waals surface area contributed by atoms with Gasteiger partial charge in [0, 0.05) is 0 Å². The molecule has 4 heteroatoms. The summed E-state index contributed by atoms with van der Waals surface area (Å²) >= 11 is 0. The van der Waals surface area contributed by atoms with Crippen LogP contribution in [-0.4, -0.2) is 89.8 Å².